The summed E-state index contributed by atoms with van der Waals surface area (Å²) in [5.74, 6) is -0.0773. The SMILES string of the molecule is Cc1cccc(OCCN2C(=O)C(C)Oc3cc(C(=O)O)ccc32)c1. The summed E-state index contributed by atoms with van der Waals surface area (Å²) in [5, 5.41) is 9.10. The number of carboxylic acids is 1. The number of carbonyl (C=O) groups excluding carboxylic acids is 1. The number of nitrogens with zero attached hydrogens (tertiary/aromatic N) is 1. The molecule has 0 radical (unpaired) electrons. The van der Waals surface area contributed by atoms with E-state index in [1.807, 2.05) is 31.2 Å². The van der Waals surface area contributed by atoms with Gasteiger partial charge in [-0.25, -0.2) is 4.79 Å². The summed E-state index contributed by atoms with van der Waals surface area (Å²) in [7, 11) is 0. The van der Waals surface area contributed by atoms with Gasteiger partial charge in [-0.15, -0.1) is 0 Å². The van der Waals surface area contributed by atoms with Gasteiger partial charge in [-0.1, -0.05) is 12.1 Å². The summed E-state index contributed by atoms with van der Waals surface area (Å²) in [5.41, 5.74) is 1.78. The van der Waals surface area contributed by atoms with Gasteiger partial charge in [0.25, 0.3) is 5.91 Å². The van der Waals surface area contributed by atoms with E-state index in [0.29, 0.717) is 24.6 Å². The van der Waals surface area contributed by atoms with E-state index in [0.717, 1.165) is 11.3 Å². The first-order valence-corrected chi connectivity index (χ1v) is 8.00. The van der Waals surface area contributed by atoms with Crippen LogP contribution in [0.15, 0.2) is 42.5 Å². The van der Waals surface area contributed by atoms with E-state index < -0.39 is 12.1 Å². The number of ether oxygens (including phenoxy) is 2. The molecule has 0 bridgehead atoms. The highest BCUT2D eigenvalue weighted by Crippen LogP contribution is 2.34. The van der Waals surface area contributed by atoms with Crippen molar-refractivity contribution in [3.05, 3.63) is 53.6 Å². The summed E-state index contributed by atoms with van der Waals surface area (Å²) in [6, 6.07) is 12.2. The van der Waals surface area contributed by atoms with Crippen LogP contribution in [0.5, 0.6) is 11.5 Å². The molecule has 0 saturated heterocycles. The number of aryl methyl sites for hydroxylation is 1. The predicted octanol–water partition coefficient (Wildman–Crippen LogP) is 2.89. The van der Waals surface area contributed by atoms with Crippen molar-refractivity contribution < 1.29 is 24.2 Å². The highest BCUT2D eigenvalue weighted by molar-refractivity contribution is 6.00. The molecule has 0 fully saturated rings. The van der Waals surface area contributed by atoms with Crippen molar-refractivity contribution in [3.63, 3.8) is 0 Å². The molecule has 1 atom stereocenters. The van der Waals surface area contributed by atoms with Crippen LogP contribution < -0.4 is 14.4 Å². The Bertz CT molecular complexity index is 817. The van der Waals surface area contributed by atoms with Crippen LogP contribution in [0.4, 0.5) is 5.69 Å². The van der Waals surface area contributed by atoms with Crippen molar-refractivity contribution >= 4 is 17.6 Å². The van der Waals surface area contributed by atoms with Gasteiger partial charge in [0.15, 0.2) is 6.10 Å². The quantitative estimate of drug-likeness (QED) is 0.905. The summed E-state index contributed by atoms with van der Waals surface area (Å²) >= 11 is 0. The summed E-state index contributed by atoms with van der Waals surface area (Å²) in [4.78, 5) is 25.1. The Morgan fingerprint density at radius 2 is 2.08 bits per heavy atom. The van der Waals surface area contributed by atoms with Gasteiger partial charge in [0, 0.05) is 0 Å². The summed E-state index contributed by atoms with van der Waals surface area (Å²) in [6.45, 7) is 4.30. The molecular weight excluding hydrogens is 322 g/mol. The van der Waals surface area contributed by atoms with Gasteiger partial charge in [0.2, 0.25) is 0 Å². The first kappa shape index (κ1) is 16.8. The van der Waals surface area contributed by atoms with Crippen molar-refractivity contribution in [2.75, 3.05) is 18.1 Å². The summed E-state index contributed by atoms with van der Waals surface area (Å²) in [6.07, 6.45) is -0.671. The van der Waals surface area contributed by atoms with Gasteiger partial charge in [-0.2, -0.15) is 0 Å². The third kappa shape index (κ3) is 3.57. The van der Waals surface area contributed by atoms with Crippen LogP contribution in [0.3, 0.4) is 0 Å². The molecule has 0 aliphatic carbocycles. The zero-order valence-electron chi connectivity index (χ0n) is 14.1. The first-order valence-electron chi connectivity index (χ1n) is 8.00. The molecule has 1 aliphatic heterocycles. The second kappa shape index (κ2) is 6.84. The lowest BCUT2D eigenvalue weighted by molar-refractivity contribution is -0.125. The Labute approximate surface area is 145 Å². The number of hydrogen-bond donors (Lipinski definition) is 1. The van der Waals surface area contributed by atoms with Crippen LogP contribution in [-0.2, 0) is 4.79 Å². The Balaban J connectivity index is 1.76. The minimum atomic E-state index is -1.04. The fourth-order valence-electron chi connectivity index (χ4n) is 2.73. The molecule has 1 amide bonds. The molecule has 1 N–H and O–H groups in total. The number of carboxylic acid groups (broad SMARTS) is 1. The minimum absolute atomic E-state index is 0.122. The van der Waals surface area contributed by atoms with E-state index in [2.05, 4.69) is 0 Å². The molecule has 0 aromatic heterocycles. The van der Waals surface area contributed by atoms with Gasteiger partial charge in [-0.05, 0) is 49.7 Å². The lowest BCUT2D eigenvalue weighted by atomic mass is 10.1. The van der Waals surface area contributed by atoms with Crippen molar-refractivity contribution in [2.45, 2.75) is 20.0 Å². The fourth-order valence-corrected chi connectivity index (χ4v) is 2.73. The number of hydrogen-bond acceptors (Lipinski definition) is 4. The lowest BCUT2D eigenvalue weighted by Crippen LogP contribution is -2.46. The van der Waals surface area contributed by atoms with Gasteiger partial charge in [0.05, 0.1) is 17.8 Å². The van der Waals surface area contributed by atoms with E-state index in [1.165, 1.54) is 12.1 Å². The van der Waals surface area contributed by atoms with E-state index >= 15 is 0 Å². The second-order valence-corrected chi connectivity index (χ2v) is 5.90. The van der Waals surface area contributed by atoms with E-state index in [9.17, 15) is 9.59 Å². The number of aromatic carboxylic acids is 1. The van der Waals surface area contributed by atoms with E-state index in [4.69, 9.17) is 14.6 Å². The van der Waals surface area contributed by atoms with Crippen molar-refractivity contribution in [2.24, 2.45) is 0 Å². The average molecular weight is 341 g/mol. The number of rotatable bonds is 5. The molecule has 6 nitrogen and oxygen atoms in total. The molecule has 0 saturated carbocycles. The molecular formula is C19H19NO5. The van der Waals surface area contributed by atoms with Crippen LogP contribution in [0.1, 0.15) is 22.8 Å². The van der Waals surface area contributed by atoms with Crippen LogP contribution in [-0.4, -0.2) is 36.2 Å². The second-order valence-electron chi connectivity index (χ2n) is 5.90. The molecule has 1 heterocycles. The monoisotopic (exact) mass is 341 g/mol. The van der Waals surface area contributed by atoms with Crippen LogP contribution in [0, 0.1) is 6.92 Å². The lowest BCUT2D eigenvalue weighted by Gasteiger charge is -2.33. The van der Waals surface area contributed by atoms with Crippen LogP contribution in [0.25, 0.3) is 0 Å². The summed E-state index contributed by atoms with van der Waals surface area (Å²) < 4.78 is 11.3. The Kier molecular flexibility index (Phi) is 4.61. The molecule has 0 spiro atoms. The van der Waals surface area contributed by atoms with Crippen molar-refractivity contribution in [1.29, 1.82) is 0 Å². The van der Waals surface area contributed by atoms with Crippen molar-refractivity contribution in [3.8, 4) is 11.5 Å². The molecule has 1 unspecified atom stereocenters. The van der Waals surface area contributed by atoms with Gasteiger partial charge < -0.3 is 19.5 Å². The number of benzene rings is 2. The molecule has 2 aromatic rings. The minimum Gasteiger partial charge on any atom is -0.492 e. The topological polar surface area (TPSA) is 76.1 Å². The Morgan fingerprint density at radius 3 is 2.80 bits per heavy atom. The van der Waals surface area contributed by atoms with Crippen molar-refractivity contribution in [1.82, 2.24) is 0 Å². The van der Waals surface area contributed by atoms with Gasteiger partial charge in [-0.3, -0.25) is 4.79 Å². The molecule has 1 aliphatic rings. The maximum Gasteiger partial charge on any atom is 0.335 e. The number of carbonyl (C=O) groups is 2. The Hall–Kier alpha value is -3.02. The number of fused-ring (bicyclic) bond motifs is 1. The maximum absolute atomic E-state index is 12.4. The third-order valence-electron chi connectivity index (χ3n) is 3.99. The number of anilines is 1. The van der Waals surface area contributed by atoms with E-state index in [-0.39, 0.29) is 11.5 Å². The molecule has 130 valence electrons. The Morgan fingerprint density at radius 1 is 1.28 bits per heavy atom. The van der Waals surface area contributed by atoms with E-state index in [1.54, 1.807) is 17.9 Å². The maximum atomic E-state index is 12.4. The fraction of sp³-hybridized carbons (Fsp3) is 0.263. The normalized spacial score (nSPS) is 16.2. The molecule has 2 aromatic carbocycles. The van der Waals surface area contributed by atoms with Gasteiger partial charge >= 0.3 is 5.97 Å². The molecule has 25 heavy (non-hydrogen) atoms. The predicted molar refractivity (Wildman–Crippen MR) is 92.5 cm³/mol. The zero-order chi connectivity index (χ0) is 18.0. The first-order chi connectivity index (χ1) is 12.0. The number of amides is 1. The molecule has 3 rings (SSSR count). The smallest absolute Gasteiger partial charge is 0.335 e. The standard InChI is InChI=1S/C19H19NO5/c1-12-4-3-5-15(10-12)24-9-8-20-16-7-6-14(19(22)23)11-17(16)25-13(2)18(20)21/h3-7,10-11,13H,8-9H2,1-2H3,(H,22,23). The zero-order valence-corrected chi connectivity index (χ0v) is 14.1. The average Bonchev–Trinajstić information content (AvgIpc) is 2.57. The largest absolute Gasteiger partial charge is 0.492 e. The highest BCUT2D eigenvalue weighted by atomic mass is 16.5. The third-order valence-corrected chi connectivity index (χ3v) is 3.99. The van der Waals surface area contributed by atoms with Crippen LogP contribution in [0.2, 0.25) is 0 Å². The van der Waals surface area contributed by atoms with Crippen LogP contribution >= 0.6 is 0 Å². The molecule has 6 heteroatoms. The highest BCUT2D eigenvalue weighted by Gasteiger charge is 2.31. The van der Waals surface area contributed by atoms with Gasteiger partial charge in [0.1, 0.15) is 18.1 Å².